The summed E-state index contributed by atoms with van der Waals surface area (Å²) >= 11 is 0. The van der Waals surface area contributed by atoms with Crippen molar-refractivity contribution in [1.82, 2.24) is 34.0 Å². The van der Waals surface area contributed by atoms with Crippen molar-refractivity contribution >= 4 is 46.7 Å². The molecule has 1 N–H and O–H groups in total. The van der Waals surface area contributed by atoms with Crippen LogP contribution >= 0.6 is 0 Å². The molecule has 1 atom stereocenters. The summed E-state index contributed by atoms with van der Waals surface area (Å²) in [5.41, 5.74) is 4.52. The molecule has 2 aromatic carbocycles. The maximum absolute atomic E-state index is 14.4. The van der Waals surface area contributed by atoms with Crippen LogP contribution in [0.1, 0.15) is 61.6 Å². The summed E-state index contributed by atoms with van der Waals surface area (Å²) in [7, 11) is 1.65. The molecular weight excluding hydrogens is 837 g/mol. The van der Waals surface area contributed by atoms with Crippen LogP contribution in [0.25, 0.3) is 11.1 Å². The lowest BCUT2D eigenvalue weighted by atomic mass is 9.99. The second-order valence-corrected chi connectivity index (χ2v) is 18.0. The number of carbonyl (C=O) groups excluding carboxylic acids is 5. The van der Waals surface area contributed by atoms with Gasteiger partial charge in [0.1, 0.15) is 0 Å². The maximum atomic E-state index is 14.4. The molecule has 0 saturated carbocycles. The van der Waals surface area contributed by atoms with Gasteiger partial charge in [0, 0.05) is 116 Å². The molecular formula is C47H64N8O10. The largest absolute Gasteiger partial charge is 0.466 e. The summed E-state index contributed by atoms with van der Waals surface area (Å²) in [6.45, 7) is 11.3. The number of urea groups is 1. The summed E-state index contributed by atoms with van der Waals surface area (Å²) in [6.07, 6.45) is 2.77. The molecule has 6 heterocycles. The average molecular weight is 901 g/mol. The highest BCUT2D eigenvalue weighted by Gasteiger charge is 2.37. The number of carbonyl (C=O) groups is 5. The monoisotopic (exact) mass is 900 g/mol. The number of fused-ring (bicyclic) bond motifs is 2. The van der Waals surface area contributed by atoms with Gasteiger partial charge in [-0.3, -0.25) is 28.8 Å². The first-order chi connectivity index (χ1) is 31.5. The predicted molar refractivity (Wildman–Crippen MR) is 240 cm³/mol. The minimum Gasteiger partial charge on any atom is -0.466 e. The van der Waals surface area contributed by atoms with Crippen LogP contribution in [0, 0.1) is 6.92 Å². The number of aryl methyl sites for hydroxylation is 2. The van der Waals surface area contributed by atoms with Crippen LogP contribution in [-0.2, 0) is 48.5 Å². The van der Waals surface area contributed by atoms with E-state index in [1.54, 1.807) is 22.9 Å². The van der Waals surface area contributed by atoms with Crippen molar-refractivity contribution in [3.05, 3.63) is 63.6 Å². The number of nitrogens with zero attached hydrogens (tertiary/aromatic N) is 7. The van der Waals surface area contributed by atoms with E-state index >= 15 is 0 Å². The SMILES string of the molecule is Cc1cc(C[C@@H](OC(=O)N2CCC(N3CCc4ccccc4NC3=O)CC2)C(=O)N2CCC(N3CCN(C(=O)CCC(=O)OCCCN4CCOCC4)CC3)CC2)cc2oc(=O)n(C)c12. The van der Waals surface area contributed by atoms with Gasteiger partial charge in [0.2, 0.25) is 5.91 Å². The van der Waals surface area contributed by atoms with Gasteiger partial charge in [-0.1, -0.05) is 24.3 Å². The van der Waals surface area contributed by atoms with Crippen LogP contribution in [0.15, 0.2) is 45.6 Å². The van der Waals surface area contributed by atoms with E-state index in [0.717, 1.165) is 75.3 Å². The third-order valence-electron chi connectivity index (χ3n) is 13.9. The van der Waals surface area contributed by atoms with E-state index in [4.69, 9.17) is 18.6 Å². The van der Waals surface area contributed by atoms with Crippen LogP contribution in [0.5, 0.6) is 0 Å². The van der Waals surface area contributed by atoms with Gasteiger partial charge < -0.3 is 43.5 Å². The number of piperazine rings is 1. The number of para-hydroxylation sites is 1. The number of rotatable bonds is 13. The minimum absolute atomic E-state index is 0.0392. The Balaban J connectivity index is 0.820. The van der Waals surface area contributed by atoms with E-state index in [-0.39, 0.29) is 55.2 Å². The Morgan fingerprint density at radius 2 is 1.52 bits per heavy atom. The molecule has 3 aromatic rings. The Morgan fingerprint density at radius 3 is 2.28 bits per heavy atom. The van der Waals surface area contributed by atoms with Crippen LogP contribution in [0.4, 0.5) is 15.3 Å². The molecule has 0 unspecified atom stereocenters. The van der Waals surface area contributed by atoms with Crippen molar-refractivity contribution in [2.24, 2.45) is 7.05 Å². The van der Waals surface area contributed by atoms with Gasteiger partial charge in [-0.05, 0) is 74.3 Å². The van der Waals surface area contributed by atoms with E-state index in [2.05, 4.69) is 15.1 Å². The topological polar surface area (TPSA) is 180 Å². The van der Waals surface area contributed by atoms with Crippen molar-refractivity contribution in [2.75, 3.05) is 104 Å². The number of amides is 5. The number of oxazole rings is 1. The van der Waals surface area contributed by atoms with Gasteiger partial charge in [-0.2, -0.15) is 0 Å². The molecule has 4 fully saturated rings. The van der Waals surface area contributed by atoms with Gasteiger partial charge in [0.15, 0.2) is 11.7 Å². The maximum Gasteiger partial charge on any atom is 0.419 e. The van der Waals surface area contributed by atoms with Crippen molar-refractivity contribution in [3.8, 4) is 0 Å². The molecule has 0 radical (unpaired) electrons. The van der Waals surface area contributed by atoms with E-state index in [9.17, 15) is 28.8 Å². The first kappa shape index (κ1) is 46.1. The average Bonchev–Trinajstić information content (AvgIpc) is 3.50. The molecule has 352 valence electrons. The first-order valence-corrected chi connectivity index (χ1v) is 23.5. The lowest BCUT2D eigenvalue weighted by Gasteiger charge is -2.43. The number of hydrogen-bond donors (Lipinski definition) is 1. The van der Waals surface area contributed by atoms with Crippen molar-refractivity contribution < 1.29 is 42.6 Å². The fourth-order valence-electron chi connectivity index (χ4n) is 10.1. The normalized spacial score (nSPS) is 20.0. The standard InChI is InChI=1S/C47H64N8O10/c1-33-30-34(31-39-43(33)49(2)46(60)64-39)32-40(65-47(61)54-18-13-37(14-19-54)55-20-10-35-6-3-4-7-38(35)48-45(55)59)44(58)53-16-11-36(12-17-53)51-21-23-52(24-22-51)41(56)8-9-42(57)63-27-5-15-50-25-28-62-29-26-50/h3-4,6-7,30-31,36-37,40H,5,8-29,32H2,1-2H3,(H,48,59)/t40-/m1/s1. The molecule has 65 heavy (non-hydrogen) atoms. The van der Waals surface area contributed by atoms with Gasteiger partial charge in [-0.15, -0.1) is 0 Å². The van der Waals surface area contributed by atoms with E-state index in [1.807, 2.05) is 47.1 Å². The molecule has 18 nitrogen and oxygen atoms in total. The fraction of sp³-hybridized carbons (Fsp3) is 0.617. The number of benzene rings is 2. The number of ether oxygens (including phenoxy) is 3. The summed E-state index contributed by atoms with van der Waals surface area (Å²) in [5, 5.41) is 3.04. The zero-order valence-electron chi connectivity index (χ0n) is 37.9. The number of morpholine rings is 1. The van der Waals surface area contributed by atoms with Crippen LogP contribution in [0.3, 0.4) is 0 Å². The number of anilines is 1. The smallest absolute Gasteiger partial charge is 0.419 e. The number of nitrogens with one attached hydrogen (secondary N) is 1. The van der Waals surface area contributed by atoms with Crippen molar-refractivity contribution in [3.63, 3.8) is 0 Å². The van der Waals surface area contributed by atoms with Crippen LogP contribution in [-0.4, -0.2) is 180 Å². The molecule has 0 aliphatic carbocycles. The number of likely N-dealkylation sites (tertiary alicyclic amines) is 2. The summed E-state index contributed by atoms with van der Waals surface area (Å²) < 4.78 is 23.9. The van der Waals surface area contributed by atoms with Gasteiger partial charge in [0.05, 0.1) is 31.8 Å². The highest BCUT2D eigenvalue weighted by atomic mass is 16.6. The zero-order valence-corrected chi connectivity index (χ0v) is 37.9. The Bertz CT molecular complexity index is 2230. The van der Waals surface area contributed by atoms with Crippen LogP contribution in [0.2, 0.25) is 0 Å². The Labute approximate surface area is 379 Å². The molecule has 8 rings (SSSR count). The third kappa shape index (κ3) is 11.3. The molecule has 5 amide bonds. The zero-order chi connectivity index (χ0) is 45.5. The lowest BCUT2D eigenvalue weighted by molar-refractivity contribution is -0.146. The second-order valence-electron chi connectivity index (χ2n) is 18.0. The molecule has 4 saturated heterocycles. The third-order valence-corrected chi connectivity index (χ3v) is 13.9. The van der Waals surface area contributed by atoms with Gasteiger partial charge in [-0.25, -0.2) is 14.4 Å². The first-order valence-electron chi connectivity index (χ1n) is 23.5. The Kier molecular flexibility index (Phi) is 15.1. The molecule has 5 aliphatic rings. The van der Waals surface area contributed by atoms with Crippen LogP contribution < -0.4 is 11.1 Å². The van der Waals surface area contributed by atoms with E-state index in [0.29, 0.717) is 95.0 Å². The highest BCUT2D eigenvalue weighted by Crippen LogP contribution is 2.27. The number of esters is 1. The van der Waals surface area contributed by atoms with Crippen molar-refractivity contribution in [2.45, 2.75) is 82.9 Å². The molecule has 1 aromatic heterocycles. The Hall–Kier alpha value is -5.46. The molecule has 0 spiro atoms. The predicted octanol–water partition coefficient (Wildman–Crippen LogP) is 3.22. The lowest BCUT2D eigenvalue weighted by Crippen LogP contribution is -2.56. The second kappa shape index (κ2) is 21.2. The summed E-state index contributed by atoms with van der Waals surface area (Å²) in [6, 6.07) is 11.5. The number of piperidine rings is 2. The molecule has 5 aliphatic heterocycles. The molecule has 18 heteroatoms. The quantitative estimate of drug-likeness (QED) is 0.196. The van der Waals surface area contributed by atoms with Gasteiger partial charge >= 0.3 is 23.8 Å². The van der Waals surface area contributed by atoms with E-state index < -0.39 is 18.0 Å². The molecule has 0 bridgehead atoms. The minimum atomic E-state index is -1.11. The summed E-state index contributed by atoms with van der Waals surface area (Å²) in [5.74, 6) is -1.14. The van der Waals surface area contributed by atoms with Gasteiger partial charge in [0.25, 0.3) is 5.91 Å². The number of hydrogen-bond acceptors (Lipinski definition) is 12. The van der Waals surface area contributed by atoms with Crippen molar-refractivity contribution in [1.29, 1.82) is 0 Å². The summed E-state index contributed by atoms with van der Waals surface area (Å²) in [4.78, 5) is 91.0. The van der Waals surface area contributed by atoms with E-state index in [1.165, 1.54) is 4.57 Å². The highest BCUT2D eigenvalue weighted by molar-refractivity contribution is 5.91. The number of aromatic nitrogens is 1. The Morgan fingerprint density at radius 1 is 0.815 bits per heavy atom. The fourth-order valence-corrected chi connectivity index (χ4v) is 10.1.